The molecule has 11 N–H and O–H groups in total. The van der Waals surface area contributed by atoms with Crippen molar-refractivity contribution >= 4 is 68.8 Å². The minimum Gasteiger partial charge on any atom is -0.370 e. The molecule has 2 heterocycles. The molecule has 2 saturated heterocycles. The van der Waals surface area contributed by atoms with E-state index in [1.54, 1.807) is 0 Å². The standard InChI is InChI=1S/C59H78N10O8/c1-34(2)23-41(55(73)68-51-32-62-31-48(51)59(77)69-52-33-61-30-47(52)58(76)66-43(27-53(60)71)26-40-15-8-14-38-12-6-7-16-44(38)40)29-63-56(74)45-17-9-20-50(45)67-54(72)28-42(25-36-21-22-37-11-4-5-13-39(37)24-36)65-57(75)46-18-10-19-49(46)64-35(3)70/h4-8,11-16,21-22,24,34,41-43,45-52,61-62H,9-10,17-20,23,25-33H2,1-3H3,(H2,60,71)(H,63,74)(H,64,70)(H,65,75)(H,66,76)(H,67,72)(H,68,73)(H,69,77)/t41-,42-,43-,45?,46?,47?,48?,49?,50?,51?,52?/m0/s1. The van der Waals surface area contributed by atoms with Crippen LogP contribution in [-0.2, 0) is 51.2 Å². The van der Waals surface area contributed by atoms with E-state index in [9.17, 15) is 38.4 Å². The summed E-state index contributed by atoms with van der Waals surface area (Å²) in [5.41, 5.74) is 7.59. The van der Waals surface area contributed by atoms with E-state index in [4.69, 9.17) is 5.73 Å². The highest BCUT2D eigenvalue weighted by Crippen LogP contribution is 2.29. The van der Waals surface area contributed by atoms with Crippen molar-refractivity contribution in [1.82, 2.24) is 47.9 Å². The Balaban J connectivity index is 0.843. The second-order valence-corrected chi connectivity index (χ2v) is 22.4. The highest BCUT2D eigenvalue weighted by molar-refractivity contribution is 5.89. The van der Waals surface area contributed by atoms with Crippen molar-refractivity contribution in [2.45, 2.75) is 128 Å². The number of carbonyl (C=O) groups is 8. The zero-order valence-electron chi connectivity index (χ0n) is 44.7. The van der Waals surface area contributed by atoms with Crippen molar-refractivity contribution in [3.05, 3.63) is 96.1 Å². The Morgan fingerprint density at radius 2 is 1.17 bits per heavy atom. The molecule has 8 amide bonds. The number of amides is 8. The topological polar surface area (TPSA) is 271 Å². The number of rotatable bonds is 23. The lowest BCUT2D eigenvalue weighted by Crippen LogP contribution is -2.54. The molecule has 412 valence electrons. The summed E-state index contributed by atoms with van der Waals surface area (Å²) in [5.74, 6) is -4.98. The van der Waals surface area contributed by atoms with Crippen LogP contribution in [0.1, 0.15) is 89.7 Å². The number of hydrogen-bond acceptors (Lipinski definition) is 10. The van der Waals surface area contributed by atoms with E-state index in [0.29, 0.717) is 71.1 Å². The van der Waals surface area contributed by atoms with Crippen LogP contribution in [0.3, 0.4) is 0 Å². The predicted molar refractivity (Wildman–Crippen MR) is 294 cm³/mol. The number of benzene rings is 4. The number of fused-ring (bicyclic) bond motifs is 2. The monoisotopic (exact) mass is 1050 g/mol. The fourth-order valence-corrected chi connectivity index (χ4v) is 12.2. The Labute approximate surface area is 451 Å². The minimum absolute atomic E-state index is 0.00787. The first-order valence-electron chi connectivity index (χ1n) is 27.8. The zero-order chi connectivity index (χ0) is 54.6. The Morgan fingerprint density at radius 3 is 1.86 bits per heavy atom. The number of carbonyl (C=O) groups excluding carboxylic acids is 8. The van der Waals surface area contributed by atoms with Crippen LogP contribution in [0.4, 0.5) is 0 Å². The summed E-state index contributed by atoms with van der Waals surface area (Å²) in [7, 11) is 0. The van der Waals surface area contributed by atoms with Crippen LogP contribution >= 0.6 is 0 Å². The third-order valence-corrected chi connectivity index (χ3v) is 16.1. The van der Waals surface area contributed by atoms with Crippen LogP contribution in [0.5, 0.6) is 0 Å². The lowest BCUT2D eigenvalue weighted by molar-refractivity contribution is -0.130. The molecule has 18 heteroatoms. The second kappa shape index (κ2) is 26.4. The van der Waals surface area contributed by atoms with E-state index in [1.165, 1.54) is 6.92 Å². The Bertz CT molecular complexity index is 2780. The van der Waals surface area contributed by atoms with Gasteiger partial charge < -0.3 is 53.6 Å². The summed E-state index contributed by atoms with van der Waals surface area (Å²) in [6.07, 6.45) is 5.27. The van der Waals surface area contributed by atoms with E-state index < -0.39 is 65.7 Å². The first-order chi connectivity index (χ1) is 37.1. The van der Waals surface area contributed by atoms with Crippen LogP contribution in [0.15, 0.2) is 84.9 Å². The summed E-state index contributed by atoms with van der Waals surface area (Å²) in [5, 5.41) is 32.2. The lowest BCUT2D eigenvalue weighted by Gasteiger charge is -2.27. The highest BCUT2D eigenvalue weighted by atomic mass is 16.2. The summed E-state index contributed by atoms with van der Waals surface area (Å²) in [6.45, 7) is 6.88. The first-order valence-corrected chi connectivity index (χ1v) is 27.8. The van der Waals surface area contributed by atoms with Gasteiger partial charge in [-0.2, -0.15) is 0 Å². The largest absolute Gasteiger partial charge is 0.370 e. The van der Waals surface area contributed by atoms with Gasteiger partial charge in [-0.05, 0) is 83.5 Å². The predicted octanol–water partition coefficient (Wildman–Crippen LogP) is 2.79. The smallest absolute Gasteiger partial charge is 0.226 e. The molecule has 11 atom stereocenters. The molecule has 8 unspecified atom stereocenters. The Hall–Kier alpha value is -6.92. The first kappa shape index (κ1) is 56.3. The number of nitrogens with one attached hydrogen (secondary N) is 9. The van der Waals surface area contributed by atoms with E-state index in [-0.39, 0.29) is 72.7 Å². The van der Waals surface area contributed by atoms with Gasteiger partial charge in [-0.3, -0.25) is 38.4 Å². The zero-order valence-corrected chi connectivity index (χ0v) is 44.7. The van der Waals surface area contributed by atoms with Gasteiger partial charge in [0.25, 0.3) is 0 Å². The molecule has 4 aliphatic rings. The quantitative estimate of drug-likeness (QED) is 0.0519. The minimum atomic E-state index is -0.627. The average Bonchev–Trinajstić information content (AvgIpc) is 4.25. The molecule has 2 aliphatic carbocycles. The molecule has 2 saturated carbocycles. The third-order valence-electron chi connectivity index (χ3n) is 16.1. The molecule has 0 radical (unpaired) electrons. The van der Waals surface area contributed by atoms with Gasteiger partial charge in [0.1, 0.15) is 0 Å². The highest BCUT2D eigenvalue weighted by Gasteiger charge is 2.41. The van der Waals surface area contributed by atoms with Gasteiger partial charge in [0.05, 0.1) is 41.7 Å². The van der Waals surface area contributed by atoms with E-state index in [2.05, 4.69) is 53.9 Å². The fraction of sp³-hybridized carbons (Fsp3) is 0.525. The molecule has 4 aromatic carbocycles. The van der Waals surface area contributed by atoms with Crippen LogP contribution in [0.2, 0.25) is 0 Å². The average molecular weight is 1060 g/mol. The number of primary amides is 1. The summed E-state index contributed by atoms with van der Waals surface area (Å²) < 4.78 is 0. The SMILES string of the molecule is CC(=O)NC1CCCC1C(=O)N[C@H](CC(=O)NC1CCCC1C(=O)NC[C@H](CC(C)C)C(=O)NC1CNCC1C(=O)NC1CNCC1C(=O)N[C@H](CC(N)=O)Cc1cccc2ccccc12)Cc1ccc2ccccc2c1. The number of hydrogen-bond donors (Lipinski definition) is 10. The maximum Gasteiger partial charge on any atom is 0.226 e. The van der Waals surface area contributed by atoms with Crippen molar-refractivity contribution in [3.8, 4) is 0 Å². The molecule has 0 aromatic heterocycles. The van der Waals surface area contributed by atoms with Crippen molar-refractivity contribution < 1.29 is 38.4 Å². The fourth-order valence-electron chi connectivity index (χ4n) is 12.2. The van der Waals surface area contributed by atoms with Crippen molar-refractivity contribution in [2.24, 2.45) is 41.2 Å². The molecular formula is C59H78N10O8. The molecule has 4 aromatic rings. The summed E-state index contributed by atoms with van der Waals surface area (Å²) >= 11 is 0. The van der Waals surface area contributed by atoms with E-state index >= 15 is 0 Å². The Kier molecular flexibility index (Phi) is 19.3. The van der Waals surface area contributed by atoms with Crippen LogP contribution < -0.4 is 53.6 Å². The summed E-state index contributed by atoms with van der Waals surface area (Å²) in [4.78, 5) is 108. The number of nitrogens with two attached hydrogens (primary N) is 1. The molecule has 4 fully saturated rings. The van der Waals surface area contributed by atoms with Gasteiger partial charge in [-0.1, -0.05) is 112 Å². The molecule has 0 spiro atoms. The summed E-state index contributed by atoms with van der Waals surface area (Å²) in [6, 6.07) is 25.1. The van der Waals surface area contributed by atoms with Gasteiger partial charge in [0, 0.05) is 76.7 Å². The van der Waals surface area contributed by atoms with Gasteiger partial charge in [0.15, 0.2) is 0 Å². The molecular weight excluding hydrogens is 977 g/mol. The van der Waals surface area contributed by atoms with Gasteiger partial charge in [-0.25, -0.2) is 0 Å². The van der Waals surface area contributed by atoms with E-state index in [1.807, 2.05) is 92.7 Å². The Morgan fingerprint density at radius 1 is 0.571 bits per heavy atom. The van der Waals surface area contributed by atoms with Crippen LogP contribution in [-0.4, -0.2) is 116 Å². The van der Waals surface area contributed by atoms with Gasteiger partial charge in [0.2, 0.25) is 47.3 Å². The van der Waals surface area contributed by atoms with Gasteiger partial charge >= 0.3 is 0 Å². The van der Waals surface area contributed by atoms with Crippen molar-refractivity contribution in [2.75, 3.05) is 32.7 Å². The van der Waals surface area contributed by atoms with Crippen molar-refractivity contribution in [1.29, 1.82) is 0 Å². The van der Waals surface area contributed by atoms with E-state index in [0.717, 1.165) is 45.5 Å². The van der Waals surface area contributed by atoms with Crippen LogP contribution in [0.25, 0.3) is 21.5 Å². The second-order valence-electron chi connectivity index (χ2n) is 22.4. The normalized spacial score (nSPS) is 24.2. The molecule has 0 bridgehead atoms. The maximum atomic E-state index is 14.1. The van der Waals surface area contributed by atoms with Crippen molar-refractivity contribution in [3.63, 3.8) is 0 Å². The lowest BCUT2D eigenvalue weighted by atomic mass is 9.93. The molecule has 8 rings (SSSR count). The molecule has 18 nitrogen and oxygen atoms in total. The van der Waals surface area contributed by atoms with Crippen LogP contribution in [0, 0.1) is 35.5 Å². The molecule has 77 heavy (non-hydrogen) atoms. The van der Waals surface area contributed by atoms with Gasteiger partial charge in [-0.15, -0.1) is 0 Å². The third kappa shape index (κ3) is 15.2. The maximum absolute atomic E-state index is 14.1. The molecule has 2 aliphatic heterocycles.